The van der Waals surface area contributed by atoms with E-state index in [2.05, 4.69) is 17.1 Å². The van der Waals surface area contributed by atoms with Crippen LogP contribution in [0.3, 0.4) is 0 Å². The van der Waals surface area contributed by atoms with Crippen LogP contribution in [-0.4, -0.2) is 36.0 Å². The van der Waals surface area contributed by atoms with Gasteiger partial charge in [0, 0.05) is 12.1 Å². The van der Waals surface area contributed by atoms with Crippen LogP contribution in [0.25, 0.3) is 0 Å². The predicted molar refractivity (Wildman–Crippen MR) is 85.5 cm³/mol. The van der Waals surface area contributed by atoms with E-state index < -0.39 is 0 Å². The van der Waals surface area contributed by atoms with Gasteiger partial charge in [-0.1, -0.05) is 6.92 Å². The van der Waals surface area contributed by atoms with Crippen molar-refractivity contribution in [1.82, 2.24) is 10.2 Å². The number of hydrogen-bond donors (Lipinski definition) is 2. The summed E-state index contributed by atoms with van der Waals surface area (Å²) in [5.41, 5.74) is 5.88. The van der Waals surface area contributed by atoms with E-state index in [1.165, 1.54) is 12.8 Å². The SMILES string of the molecule is CC1CCN(Cc2ccc(C(=O)NC3CCC(N)C3)o2)CC1. The van der Waals surface area contributed by atoms with Crippen molar-refractivity contribution in [2.45, 2.75) is 57.7 Å². The van der Waals surface area contributed by atoms with Crippen LogP contribution in [0.15, 0.2) is 16.5 Å². The smallest absolute Gasteiger partial charge is 0.287 e. The minimum Gasteiger partial charge on any atom is -0.455 e. The standard InChI is InChI=1S/C17H27N3O2/c1-12-6-8-20(9-7-12)11-15-4-5-16(22-15)17(21)19-14-3-2-13(18)10-14/h4-5,12-14H,2-3,6-11,18H2,1H3,(H,19,21). The summed E-state index contributed by atoms with van der Waals surface area (Å²) in [7, 11) is 0. The number of piperidine rings is 1. The van der Waals surface area contributed by atoms with Gasteiger partial charge in [0.15, 0.2) is 5.76 Å². The molecular formula is C17H27N3O2. The van der Waals surface area contributed by atoms with Gasteiger partial charge < -0.3 is 15.5 Å². The van der Waals surface area contributed by atoms with Crippen LogP contribution in [-0.2, 0) is 6.54 Å². The quantitative estimate of drug-likeness (QED) is 0.894. The zero-order chi connectivity index (χ0) is 15.5. The molecule has 2 unspecified atom stereocenters. The van der Waals surface area contributed by atoms with Crippen LogP contribution in [0, 0.1) is 5.92 Å². The Labute approximate surface area is 132 Å². The number of nitrogens with one attached hydrogen (secondary N) is 1. The van der Waals surface area contributed by atoms with Crippen LogP contribution in [0.2, 0.25) is 0 Å². The van der Waals surface area contributed by atoms with E-state index in [0.717, 1.165) is 50.6 Å². The molecule has 1 aromatic heterocycles. The van der Waals surface area contributed by atoms with E-state index in [1.54, 1.807) is 6.07 Å². The van der Waals surface area contributed by atoms with E-state index in [-0.39, 0.29) is 18.0 Å². The Kier molecular flexibility index (Phi) is 4.84. The van der Waals surface area contributed by atoms with Crippen molar-refractivity contribution in [2.24, 2.45) is 11.7 Å². The molecule has 1 aromatic rings. The molecular weight excluding hydrogens is 278 g/mol. The number of nitrogens with zero attached hydrogens (tertiary/aromatic N) is 1. The van der Waals surface area contributed by atoms with Crippen LogP contribution in [0.1, 0.15) is 55.3 Å². The van der Waals surface area contributed by atoms with Crippen molar-refractivity contribution in [1.29, 1.82) is 0 Å². The van der Waals surface area contributed by atoms with Gasteiger partial charge >= 0.3 is 0 Å². The summed E-state index contributed by atoms with van der Waals surface area (Å²) in [6.07, 6.45) is 5.31. The first kappa shape index (κ1) is 15.6. The molecule has 1 aliphatic heterocycles. The highest BCUT2D eigenvalue weighted by Crippen LogP contribution is 2.20. The molecule has 0 spiro atoms. The van der Waals surface area contributed by atoms with Crippen LogP contribution < -0.4 is 11.1 Å². The van der Waals surface area contributed by atoms with Crippen LogP contribution in [0.5, 0.6) is 0 Å². The second-order valence-corrected chi connectivity index (χ2v) is 6.97. The average Bonchev–Trinajstić information content (AvgIpc) is 3.11. The first-order valence-electron chi connectivity index (χ1n) is 8.47. The van der Waals surface area contributed by atoms with Crippen molar-refractivity contribution in [2.75, 3.05) is 13.1 Å². The minimum absolute atomic E-state index is 0.113. The Balaban J connectivity index is 1.51. The molecule has 0 radical (unpaired) electrons. The van der Waals surface area contributed by atoms with Crippen molar-refractivity contribution in [3.63, 3.8) is 0 Å². The third-order valence-corrected chi connectivity index (χ3v) is 4.95. The molecule has 3 rings (SSSR count). The lowest BCUT2D eigenvalue weighted by Gasteiger charge is -2.29. The second kappa shape index (κ2) is 6.84. The van der Waals surface area contributed by atoms with E-state index >= 15 is 0 Å². The Hall–Kier alpha value is -1.33. The van der Waals surface area contributed by atoms with Gasteiger partial charge in [0.2, 0.25) is 0 Å². The molecule has 3 N–H and O–H groups in total. The van der Waals surface area contributed by atoms with E-state index in [0.29, 0.717) is 5.76 Å². The Morgan fingerprint density at radius 3 is 2.77 bits per heavy atom. The lowest BCUT2D eigenvalue weighted by Crippen LogP contribution is -2.34. The molecule has 2 aliphatic rings. The van der Waals surface area contributed by atoms with Crippen molar-refractivity contribution < 1.29 is 9.21 Å². The van der Waals surface area contributed by atoms with Gasteiger partial charge in [-0.25, -0.2) is 0 Å². The molecule has 5 heteroatoms. The molecule has 0 aromatic carbocycles. The predicted octanol–water partition coefficient (Wildman–Crippen LogP) is 2.12. The fourth-order valence-electron chi connectivity index (χ4n) is 3.43. The number of likely N-dealkylation sites (tertiary alicyclic amines) is 1. The summed E-state index contributed by atoms with van der Waals surface area (Å²) in [6, 6.07) is 4.12. The molecule has 1 amide bonds. The summed E-state index contributed by atoms with van der Waals surface area (Å²) in [6.45, 7) is 5.34. The first-order valence-corrected chi connectivity index (χ1v) is 8.47. The maximum absolute atomic E-state index is 12.2. The molecule has 0 bridgehead atoms. The number of rotatable bonds is 4. The van der Waals surface area contributed by atoms with Crippen LogP contribution in [0.4, 0.5) is 0 Å². The number of amides is 1. The third kappa shape index (κ3) is 3.90. The molecule has 2 atom stereocenters. The van der Waals surface area contributed by atoms with Crippen molar-refractivity contribution in [3.05, 3.63) is 23.7 Å². The zero-order valence-corrected chi connectivity index (χ0v) is 13.4. The maximum atomic E-state index is 12.2. The molecule has 2 fully saturated rings. The van der Waals surface area contributed by atoms with E-state index in [1.807, 2.05) is 6.07 Å². The highest BCUT2D eigenvalue weighted by molar-refractivity contribution is 5.91. The fourth-order valence-corrected chi connectivity index (χ4v) is 3.43. The normalized spacial score (nSPS) is 27.2. The summed E-state index contributed by atoms with van der Waals surface area (Å²) < 4.78 is 5.73. The van der Waals surface area contributed by atoms with Gasteiger partial charge in [-0.3, -0.25) is 9.69 Å². The summed E-state index contributed by atoms with van der Waals surface area (Å²) in [4.78, 5) is 14.6. The summed E-state index contributed by atoms with van der Waals surface area (Å²) >= 11 is 0. The molecule has 22 heavy (non-hydrogen) atoms. The highest BCUT2D eigenvalue weighted by Gasteiger charge is 2.25. The third-order valence-electron chi connectivity index (χ3n) is 4.95. The Morgan fingerprint density at radius 1 is 1.32 bits per heavy atom. The molecule has 2 heterocycles. The zero-order valence-electron chi connectivity index (χ0n) is 13.4. The van der Waals surface area contributed by atoms with Gasteiger partial charge in [0.1, 0.15) is 5.76 Å². The minimum atomic E-state index is -0.113. The molecule has 1 saturated heterocycles. The fraction of sp³-hybridized carbons (Fsp3) is 0.706. The van der Waals surface area contributed by atoms with E-state index in [4.69, 9.17) is 10.2 Å². The van der Waals surface area contributed by atoms with Crippen LogP contribution >= 0.6 is 0 Å². The highest BCUT2D eigenvalue weighted by atomic mass is 16.4. The summed E-state index contributed by atoms with van der Waals surface area (Å²) in [5, 5.41) is 3.02. The number of hydrogen-bond acceptors (Lipinski definition) is 4. The number of furan rings is 1. The second-order valence-electron chi connectivity index (χ2n) is 6.97. The lowest BCUT2D eigenvalue weighted by molar-refractivity contribution is 0.0904. The van der Waals surface area contributed by atoms with E-state index in [9.17, 15) is 4.79 Å². The molecule has 1 aliphatic carbocycles. The van der Waals surface area contributed by atoms with Crippen molar-refractivity contribution in [3.8, 4) is 0 Å². The maximum Gasteiger partial charge on any atom is 0.287 e. The monoisotopic (exact) mass is 305 g/mol. The van der Waals surface area contributed by atoms with Gasteiger partial charge in [0.05, 0.1) is 6.54 Å². The molecule has 122 valence electrons. The molecule has 5 nitrogen and oxygen atoms in total. The Bertz CT molecular complexity index is 506. The van der Waals surface area contributed by atoms with Gasteiger partial charge in [-0.15, -0.1) is 0 Å². The van der Waals surface area contributed by atoms with Gasteiger partial charge in [0.25, 0.3) is 5.91 Å². The van der Waals surface area contributed by atoms with Gasteiger partial charge in [-0.05, 0) is 63.2 Å². The topological polar surface area (TPSA) is 71.5 Å². The number of carbonyl (C=O) groups excluding carboxylic acids is 1. The van der Waals surface area contributed by atoms with Crippen molar-refractivity contribution >= 4 is 5.91 Å². The summed E-state index contributed by atoms with van der Waals surface area (Å²) in [5.74, 6) is 2.01. The number of carbonyl (C=O) groups is 1. The Morgan fingerprint density at radius 2 is 2.09 bits per heavy atom. The average molecular weight is 305 g/mol. The number of nitrogens with two attached hydrogens (primary N) is 1. The first-order chi connectivity index (χ1) is 10.6. The largest absolute Gasteiger partial charge is 0.455 e. The molecule has 1 saturated carbocycles. The van der Waals surface area contributed by atoms with Gasteiger partial charge in [-0.2, -0.15) is 0 Å². The lowest BCUT2D eigenvalue weighted by atomic mass is 9.99.